The van der Waals surface area contributed by atoms with Gasteiger partial charge in [-0.1, -0.05) is 18.2 Å². The van der Waals surface area contributed by atoms with Gasteiger partial charge in [0.05, 0.1) is 5.69 Å². The molecule has 0 spiro atoms. The van der Waals surface area contributed by atoms with Gasteiger partial charge >= 0.3 is 0 Å². The molecule has 2 rings (SSSR count). The van der Waals surface area contributed by atoms with Gasteiger partial charge < -0.3 is 16.2 Å². The standard InChI is InChI=1S/C13H16N2O2S/c14-11-9-5-1-2-6-10(9)18-12(11)13(17)15-7-3-4-8-16/h1-2,5-6,16H,3-4,7-8,14H2,(H,15,17). The number of amides is 1. The zero-order chi connectivity index (χ0) is 13.0. The van der Waals surface area contributed by atoms with Crippen molar-refractivity contribution in [2.24, 2.45) is 0 Å². The normalized spacial score (nSPS) is 10.7. The molecule has 1 heterocycles. The lowest BCUT2D eigenvalue weighted by Gasteiger charge is -2.03. The molecule has 4 nitrogen and oxygen atoms in total. The number of hydrogen-bond acceptors (Lipinski definition) is 4. The van der Waals surface area contributed by atoms with Crippen LogP contribution < -0.4 is 11.1 Å². The maximum Gasteiger partial charge on any atom is 0.263 e. The number of nitrogens with one attached hydrogen (secondary N) is 1. The zero-order valence-corrected chi connectivity index (χ0v) is 10.8. The minimum Gasteiger partial charge on any atom is -0.397 e. The van der Waals surface area contributed by atoms with Crippen molar-refractivity contribution < 1.29 is 9.90 Å². The third kappa shape index (κ3) is 2.63. The van der Waals surface area contributed by atoms with E-state index in [2.05, 4.69) is 5.32 Å². The smallest absolute Gasteiger partial charge is 0.263 e. The summed E-state index contributed by atoms with van der Waals surface area (Å²) in [6.45, 7) is 0.716. The van der Waals surface area contributed by atoms with E-state index in [0.29, 0.717) is 23.5 Å². The maximum absolute atomic E-state index is 12.0. The Balaban J connectivity index is 2.10. The molecular weight excluding hydrogens is 248 g/mol. The fourth-order valence-electron chi connectivity index (χ4n) is 1.75. The Morgan fingerprint density at radius 1 is 1.33 bits per heavy atom. The molecule has 5 heteroatoms. The molecule has 0 aliphatic heterocycles. The summed E-state index contributed by atoms with van der Waals surface area (Å²) in [7, 11) is 0. The van der Waals surface area contributed by atoms with Crippen LogP contribution in [0.1, 0.15) is 22.5 Å². The minimum absolute atomic E-state index is 0.133. The van der Waals surface area contributed by atoms with E-state index in [9.17, 15) is 4.79 Å². The van der Waals surface area contributed by atoms with Gasteiger partial charge in [0.1, 0.15) is 4.88 Å². The van der Waals surface area contributed by atoms with Crippen LogP contribution in [0.3, 0.4) is 0 Å². The van der Waals surface area contributed by atoms with Gasteiger partial charge in [0.2, 0.25) is 0 Å². The molecule has 1 aromatic heterocycles. The zero-order valence-electron chi connectivity index (χ0n) is 9.98. The predicted molar refractivity (Wildman–Crippen MR) is 74.9 cm³/mol. The fraction of sp³-hybridized carbons (Fsp3) is 0.308. The first kappa shape index (κ1) is 12.9. The van der Waals surface area contributed by atoms with Crippen molar-refractivity contribution >= 4 is 33.0 Å². The quantitative estimate of drug-likeness (QED) is 0.723. The summed E-state index contributed by atoms with van der Waals surface area (Å²) in [5, 5.41) is 12.4. The molecule has 0 unspecified atom stereocenters. The average Bonchev–Trinajstić information content (AvgIpc) is 2.73. The van der Waals surface area contributed by atoms with Gasteiger partial charge in [0, 0.05) is 23.2 Å². The number of carbonyl (C=O) groups excluding carboxylic acids is 1. The number of nitrogens with two attached hydrogens (primary N) is 1. The van der Waals surface area contributed by atoms with Crippen molar-refractivity contribution in [3.8, 4) is 0 Å². The van der Waals surface area contributed by atoms with Crippen LogP contribution in [0.5, 0.6) is 0 Å². The van der Waals surface area contributed by atoms with Crippen LogP contribution in [0.25, 0.3) is 10.1 Å². The van der Waals surface area contributed by atoms with E-state index in [0.717, 1.165) is 16.5 Å². The Kier molecular flexibility index (Phi) is 4.17. The summed E-state index contributed by atoms with van der Waals surface area (Å²) in [4.78, 5) is 12.5. The van der Waals surface area contributed by atoms with Gasteiger partial charge in [-0.3, -0.25) is 4.79 Å². The Morgan fingerprint density at radius 3 is 2.83 bits per heavy atom. The highest BCUT2D eigenvalue weighted by atomic mass is 32.1. The molecular formula is C13H16N2O2S. The Labute approximate surface area is 109 Å². The summed E-state index contributed by atoms with van der Waals surface area (Å²) in [6, 6.07) is 7.72. The molecule has 2 aromatic rings. The van der Waals surface area contributed by atoms with Crippen LogP contribution in [-0.4, -0.2) is 24.2 Å². The topological polar surface area (TPSA) is 75.4 Å². The highest BCUT2D eigenvalue weighted by Crippen LogP contribution is 2.33. The Morgan fingerprint density at radius 2 is 2.11 bits per heavy atom. The molecule has 0 bridgehead atoms. The van der Waals surface area contributed by atoms with Gasteiger partial charge in [-0.05, 0) is 18.9 Å². The number of carbonyl (C=O) groups is 1. The molecule has 0 saturated carbocycles. The summed E-state index contributed by atoms with van der Waals surface area (Å²) in [5.74, 6) is -0.133. The summed E-state index contributed by atoms with van der Waals surface area (Å²) >= 11 is 1.41. The molecule has 0 aliphatic rings. The molecule has 0 saturated heterocycles. The van der Waals surface area contributed by atoms with Crippen molar-refractivity contribution in [2.45, 2.75) is 12.8 Å². The minimum atomic E-state index is -0.133. The number of benzene rings is 1. The average molecular weight is 264 g/mol. The molecule has 0 radical (unpaired) electrons. The number of hydrogen-bond donors (Lipinski definition) is 3. The van der Waals surface area contributed by atoms with Crippen LogP contribution in [0.15, 0.2) is 24.3 Å². The van der Waals surface area contributed by atoms with Crippen LogP contribution in [0.2, 0.25) is 0 Å². The van der Waals surface area contributed by atoms with E-state index in [1.165, 1.54) is 11.3 Å². The monoisotopic (exact) mass is 264 g/mol. The van der Waals surface area contributed by atoms with Crippen molar-refractivity contribution in [1.29, 1.82) is 0 Å². The SMILES string of the molecule is Nc1c(C(=O)NCCCCO)sc2ccccc12. The first-order valence-corrected chi connectivity index (χ1v) is 6.71. The number of aliphatic hydroxyl groups excluding tert-OH is 1. The highest BCUT2D eigenvalue weighted by molar-refractivity contribution is 7.21. The number of fused-ring (bicyclic) bond motifs is 1. The van der Waals surface area contributed by atoms with Gasteiger partial charge in [0.25, 0.3) is 5.91 Å². The second kappa shape index (κ2) is 5.84. The fourth-order valence-corrected chi connectivity index (χ4v) is 2.79. The molecule has 0 atom stereocenters. The number of rotatable bonds is 5. The molecule has 96 valence electrons. The van der Waals surface area contributed by atoms with Crippen LogP contribution >= 0.6 is 11.3 Å². The third-order valence-corrected chi connectivity index (χ3v) is 3.90. The molecule has 1 aromatic carbocycles. The molecule has 0 fully saturated rings. The molecule has 0 aliphatic carbocycles. The van der Waals surface area contributed by atoms with Gasteiger partial charge in [0.15, 0.2) is 0 Å². The molecule has 18 heavy (non-hydrogen) atoms. The van der Waals surface area contributed by atoms with Crippen molar-refractivity contribution in [3.63, 3.8) is 0 Å². The number of thiophene rings is 1. The van der Waals surface area contributed by atoms with Crippen molar-refractivity contribution in [2.75, 3.05) is 18.9 Å². The van der Waals surface area contributed by atoms with E-state index in [-0.39, 0.29) is 12.5 Å². The van der Waals surface area contributed by atoms with Crippen LogP contribution in [0, 0.1) is 0 Å². The van der Waals surface area contributed by atoms with Crippen molar-refractivity contribution in [1.82, 2.24) is 5.32 Å². The predicted octanol–water partition coefficient (Wildman–Crippen LogP) is 1.99. The van der Waals surface area contributed by atoms with E-state index < -0.39 is 0 Å². The van der Waals surface area contributed by atoms with Crippen molar-refractivity contribution in [3.05, 3.63) is 29.1 Å². The highest BCUT2D eigenvalue weighted by Gasteiger charge is 2.15. The summed E-state index contributed by atoms with van der Waals surface area (Å²) < 4.78 is 1.02. The molecule has 1 amide bonds. The van der Waals surface area contributed by atoms with Gasteiger partial charge in [-0.15, -0.1) is 11.3 Å². The lowest BCUT2D eigenvalue weighted by atomic mass is 10.2. The lowest BCUT2D eigenvalue weighted by Crippen LogP contribution is -2.24. The Hall–Kier alpha value is -1.59. The van der Waals surface area contributed by atoms with E-state index in [4.69, 9.17) is 10.8 Å². The van der Waals surface area contributed by atoms with E-state index in [1.807, 2.05) is 24.3 Å². The van der Waals surface area contributed by atoms with Gasteiger partial charge in [-0.25, -0.2) is 0 Å². The first-order chi connectivity index (χ1) is 8.74. The molecule has 4 N–H and O–H groups in total. The lowest BCUT2D eigenvalue weighted by molar-refractivity contribution is 0.0957. The number of unbranched alkanes of at least 4 members (excludes halogenated alkanes) is 1. The Bertz CT molecular complexity index is 551. The summed E-state index contributed by atoms with van der Waals surface area (Å²) in [6.07, 6.45) is 1.47. The summed E-state index contributed by atoms with van der Waals surface area (Å²) in [5.41, 5.74) is 6.53. The van der Waals surface area contributed by atoms with Crippen LogP contribution in [-0.2, 0) is 0 Å². The van der Waals surface area contributed by atoms with Crippen LogP contribution in [0.4, 0.5) is 5.69 Å². The maximum atomic E-state index is 12.0. The largest absolute Gasteiger partial charge is 0.397 e. The van der Waals surface area contributed by atoms with E-state index >= 15 is 0 Å². The van der Waals surface area contributed by atoms with E-state index in [1.54, 1.807) is 0 Å². The number of aliphatic hydroxyl groups is 1. The second-order valence-electron chi connectivity index (χ2n) is 4.03. The third-order valence-electron chi connectivity index (χ3n) is 2.71. The number of anilines is 1. The van der Waals surface area contributed by atoms with Gasteiger partial charge in [-0.2, -0.15) is 0 Å². The first-order valence-electron chi connectivity index (χ1n) is 5.90. The number of nitrogen functional groups attached to an aromatic ring is 1. The second-order valence-corrected chi connectivity index (χ2v) is 5.08.